The number of likely N-dealkylation sites (tertiary alicyclic amines) is 1. The van der Waals surface area contributed by atoms with Crippen molar-refractivity contribution in [2.75, 3.05) is 26.8 Å². The van der Waals surface area contributed by atoms with E-state index in [1.54, 1.807) is 30.1 Å². The number of benzene rings is 1. The van der Waals surface area contributed by atoms with Crippen LogP contribution in [-0.4, -0.2) is 47.4 Å². The van der Waals surface area contributed by atoms with E-state index in [0.29, 0.717) is 43.2 Å². The van der Waals surface area contributed by atoms with Crippen LogP contribution in [0.15, 0.2) is 30.6 Å². The Morgan fingerprint density at radius 1 is 1.44 bits per heavy atom. The summed E-state index contributed by atoms with van der Waals surface area (Å²) in [6, 6.07) is 4.58. The van der Waals surface area contributed by atoms with E-state index in [9.17, 15) is 9.18 Å². The third-order valence-corrected chi connectivity index (χ3v) is 5.27. The number of nitrogens with zero attached hydrogens (tertiary/aromatic N) is 3. The standard InChI is InChI=1S/C19H24ClFN4O2/c1-24-12-14(10-23-24)19-13(8-18(26)25(19)6-7-27-2)9-22-11-15-16(20)4-3-5-17(15)21/h3-5,10,12-13,19,22H,6-9,11H2,1-2H3/t13-,19+/m0/s1. The zero-order valence-electron chi connectivity index (χ0n) is 15.5. The average molecular weight is 395 g/mol. The second kappa shape index (κ2) is 8.82. The van der Waals surface area contributed by atoms with Crippen molar-refractivity contribution in [2.24, 2.45) is 13.0 Å². The van der Waals surface area contributed by atoms with Crippen molar-refractivity contribution < 1.29 is 13.9 Å². The van der Waals surface area contributed by atoms with Crippen molar-refractivity contribution in [3.63, 3.8) is 0 Å². The van der Waals surface area contributed by atoms with Crippen molar-refractivity contribution in [1.82, 2.24) is 20.0 Å². The molecule has 0 saturated carbocycles. The lowest BCUT2D eigenvalue weighted by atomic mass is 9.95. The third-order valence-electron chi connectivity index (χ3n) is 4.91. The summed E-state index contributed by atoms with van der Waals surface area (Å²) >= 11 is 6.09. The molecular weight excluding hydrogens is 371 g/mol. The van der Waals surface area contributed by atoms with E-state index < -0.39 is 0 Å². The smallest absolute Gasteiger partial charge is 0.223 e. The summed E-state index contributed by atoms with van der Waals surface area (Å²) < 4.78 is 20.8. The van der Waals surface area contributed by atoms with Gasteiger partial charge in [0.2, 0.25) is 5.91 Å². The zero-order chi connectivity index (χ0) is 19.4. The Hall–Kier alpha value is -1.96. The fourth-order valence-corrected chi connectivity index (χ4v) is 3.86. The molecule has 2 aromatic rings. The van der Waals surface area contributed by atoms with Crippen molar-refractivity contribution in [2.45, 2.75) is 19.0 Å². The van der Waals surface area contributed by atoms with Gasteiger partial charge in [0.25, 0.3) is 0 Å². The summed E-state index contributed by atoms with van der Waals surface area (Å²) in [5, 5.41) is 7.91. The highest BCUT2D eigenvalue weighted by Crippen LogP contribution is 2.37. The first-order valence-electron chi connectivity index (χ1n) is 8.91. The van der Waals surface area contributed by atoms with Gasteiger partial charge >= 0.3 is 0 Å². The molecule has 1 aliphatic heterocycles. The first-order valence-corrected chi connectivity index (χ1v) is 9.29. The maximum Gasteiger partial charge on any atom is 0.223 e. The van der Waals surface area contributed by atoms with Gasteiger partial charge in [0.15, 0.2) is 0 Å². The number of carbonyl (C=O) groups excluding carboxylic acids is 1. The minimum absolute atomic E-state index is 0.0594. The monoisotopic (exact) mass is 394 g/mol. The van der Waals surface area contributed by atoms with E-state index in [2.05, 4.69) is 10.4 Å². The summed E-state index contributed by atoms with van der Waals surface area (Å²) in [6.45, 7) is 1.89. The first-order chi connectivity index (χ1) is 13.0. The Labute approximate surface area is 163 Å². The SMILES string of the molecule is COCCN1C(=O)C[C@@H](CNCc2c(F)cccc2Cl)[C@@H]1c1cnn(C)c1. The number of nitrogens with one attached hydrogen (secondary N) is 1. The average Bonchev–Trinajstić information content (AvgIpc) is 3.18. The number of rotatable bonds is 8. The maximum absolute atomic E-state index is 13.9. The van der Waals surface area contributed by atoms with Gasteiger partial charge in [-0.1, -0.05) is 17.7 Å². The van der Waals surface area contributed by atoms with Gasteiger partial charge in [-0.05, 0) is 12.1 Å². The lowest BCUT2D eigenvalue weighted by Gasteiger charge is -2.27. The van der Waals surface area contributed by atoms with Crippen LogP contribution < -0.4 is 5.32 Å². The molecule has 2 heterocycles. The second-order valence-electron chi connectivity index (χ2n) is 6.77. The molecule has 8 heteroatoms. The Bertz CT molecular complexity index is 778. The summed E-state index contributed by atoms with van der Waals surface area (Å²) in [4.78, 5) is 14.4. The van der Waals surface area contributed by atoms with Gasteiger partial charge in [-0.15, -0.1) is 0 Å². The third kappa shape index (κ3) is 4.48. The number of halogens is 2. The molecule has 1 fully saturated rings. The lowest BCUT2D eigenvalue weighted by molar-refractivity contribution is -0.129. The molecule has 0 spiro atoms. The Kier molecular flexibility index (Phi) is 6.46. The first kappa shape index (κ1) is 19.8. The number of hydrogen-bond acceptors (Lipinski definition) is 4. The molecule has 146 valence electrons. The quantitative estimate of drug-likeness (QED) is 0.747. The van der Waals surface area contributed by atoms with Gasteiger partial charge in [0.05, 0.1) is 18.8 Å². The molecule has 0 bridgehead atoms. The van der Waals surface area contributed by atoms with E-state index in [0.717, 1.165) is 5.56 Å². The topological polar surface area (TPSA) is 59.4 Å². The molecule has 3 rings (SSSR count). The van der Waals surface area contributed by atoms with Crippen molar-refractivity contribution in [1.29, 1.82) is 0 Å². The largest absolute Gasteiger partial charge is 0.383 e. The van der Waals surface area contributed by atoms with Gasteiger partial charge in [-0.2, -0.15) is 5.10 Å². The van der Waals surface area contributed by atoms with Gasteiger partial charge in [-0.25, -0.2) is 4.39 Å². The summed E-state index contributed by atoms with van der Waals surface area (Å²) in [5.74, 6) is -0.177. The Morgan fingerprint density at radius 3 is 2.93 bits per heavy atom. The molecular formula is C19H24ClFN4O2. The molecule has 1 aliphatic rings. The molecule has 0 unspecified atom stereocenters. The molecule has 0 aliphatic carbocycles. The van der Waals surface area contributed by atoms with Crippen LogP contribution in [0.5, 0.6) is 0 Å². The Morgan fingerprint density at radius 2 is 2.26 bits per heavy atom. The normalized spacial score (nSPS) is 19.9. The van der Waals surface area contributed by atoms with Crippen LogP contribution in [0.3, 0.4) is 0 Å². The highest BCUT2D eigenvalue weighted by molar-refractivity contribution is 6.31. The van der Waals surface area contributed by atoms with Crippen molar-refractivity contribution in [3.05, 3.63) is 52.6 Å². The molecule has 0 radical (unpaired) electrons. The molecule has 1 amide bonds. The number of carbonyl (C=O) groups is 1. The maximum atomic E-state index is 13.9. The zero-order valence-corrected chi connectivity index (χ0v) is 16.2. The van der Waals surface area contributed by atoms with E-state index >= 15 is 0 Å². The Balaban J connectivity index is 1.71. The van der Waals surface area contributed by atoms with E-state index in [-0.39, 0.29) is 23.7 Å². The molecule has 27 heavy (non-hydrogen) atoms. The van der Waals surface area contributed by atoms with Crippen LogP contribution in [-0.2, 0) is 23.1 Å². The minimum atomic E-state index is -0.331. The van der Waals surface area contributed by atoms with Crippen LogP contribution in [0.1, 0.15) is 23.6 Å². The van der Waals surface area contributed by atoms with Crippen LogP contribution in [0.2, 0.25) is 5.02 Å². The summed E-state index contributed by atoms with van der Waals surface area (Å²) in [7, 11) is 3.48. The van der Waals surface area contributed by atoms with Crippen LogP contribution >= 0.6 is 11.6 Å². The van der Waals surface area contributed by atoms with E-state index in [4.69, 9.17) is 16.3 Å². The molecule has 1 aromatic heterocycles. The highest BCUT2D eigenvalue weighted by Gasteiger charge is 2.40. The number of aromatic nitrogens is 2. The molecule has 1 N–H and O–H groups in total. The number of ether oxygens (including phenoxy) is 1. The van der Waals surface area contributed by atoms with Gasteiger partial charge < -0.3 is 15.0 Å². The van der Waals surface area contributed by atoms with Crippen molar-refractivity contribution >= 4 is 17.5 Å². The molecule has 6 nitrogen and oxygen atoms in total. The van der Waals surface area contributed by atoms with Crippen LogP contribution in [0.25, 0.3) is 0 Å². The van der Waals surface area contributed by atoms with Crippen LogP contribution in [0, 0.1) is 11.7 Å². The summed E-state index contributed by atoms with van der Waals surface area (Å²) in [6.07, 6.45) is 4.16. The summed E-state index contributed by atoms with van der Waals surface area (Å²) in [5.41, 5.74) is 1.44. The van der Waals surface area contributed by atoms with Crippen LogP contribution in [0.4, 0.5) is 4.39 Å². The fraction of sp³-hybridized carbons (Fsp3) is 0.474. The van der Waals surface area contributed by atoms with E-state index in [1.807, 2.05) is 18.1 Å². The molecule has 1 aromatic carbocycles. The van der Waals surface area contributed by atoms with Gasteiger partial charge in [0.1, 0.15) is 5.82 Å². The molecule has 2 atom stereocenters. The fourth-order valence-electron chi connectivity index (χ4n) is 3.63. The predicted octanol–water partition coefficient (Wildman–Crippen LogP) is 2.54. The number of methoxy groups -OCH3 is 1. The minimum Gasteiger partial charge on any atom is -0.383 e. The number of amides is 1. The number of hydrogen-bond donors (Lipinski definition) is 1. The van der Waals surface area contributed by atoms with Gasteiger partial charge in [-0.3, -0.25) is 9.48 Å². The predicted molar refractivity (Wildman–Crippen MR) is 101 cm³/mol. The molecule has 1 saturated heterocycles. The van der Waals surface area contributed by atoms with Gasteiger partial charge in [0, 0.05) is 68.5 Å². The lowest BCUT2D eigenvalue weighted by Crippen LogP contribution is -2.33. The highest BCUT2D eigenvalue weighted by atomic mass is 35.5. The number of aryl methyl sites for hydroxylation is 1. The second-order valence-corrected chi connectivity index (χ2v) is 7.17. The van der Waals surface area contributed by atoms with Crippen molar-refractivity contribution in [3.8, 4) is 0 Å². The van der Waals surface area contributed by atoms with E-state index in [1.165, 1.54) is 6.07 Å².